The molecule has 0 aliphatic heterocycles. The molecular formula is C12H22N2O3S. The predicted octanol–water partition coefficient (Wildman–Crippen LogP) is 0.841. The zero-order valence-corrected chi connectivity index (χ0v) is 11.6. The van der Waals surface area contributed by atoms with Crippen molar-refractivity contribution in [3.8, 4) is 0 Å². The summed E-state index contributed by atoms with van der Waals surface area (Å²) in [6.45, 7) is 2.72. The van der Waals surface area contributed by atoms with Crippen LogP contribution in [-0.2, 0) is 9.59 Å². The van der Waals surface area contributed by atoms with Gasteiger partial charge >= 0.3 is 5.97 Å². The number of nitrogens with one attached hydrogen (secondary N) is 2. The van der Waals surface area contributed by atoms with Crippen molar-refractivity contribution in [2.75, 3.05) is 18.1 Å². The molecule has 6 heteroatoms. The van der Waals surface area contributed by atoms with Gasteiger partial charge in [0.15, 0.2) is 0 Å². The molecule has 0 saturated heterocycles. The van der Waals surface area contributed by atoms with E-state index in [0.29, 0.717) is 30.5 Å². The summed E-state index contributed by atoms with van der Waals surface area (Å²) < 4.78 is 0. The Hall–Kier alpha value is -0.750. The molecule has 1 unspecified atom stereocenters. The first-order valence-electron chi connectivity index (χ1n) is 6.46. The monoisotopic (exact) mass is 274 g/mol. The molecule has 0 radical (unpaired) electrons. The maximum Gasteiger partial charge on any atom is 0.320 e. The minimum Gasteiger partial charge on any atom is -0.480 e. The molecule has 0 heterocycles. The van der Waals surface area contributed by atoms with Crippen molar-refractivity contribution in [2.24, 2.45) is 0 Å². The number of hydrogen-bond acceptors (Lipinski definition) is 4. The summed E-state index contributed by atoms with van der Waals surface area (Å²) in [5.74, 6) is 0.341. The number of amides is 1. The van der Waals surface area contributed by atoms with Crippen molar-refractivity contribution in [1.82, 2.24) is 10.6 Å². The lowest BCUT2D eigenvalue weighted by molar-refractivity contribution is -0.139. The SMILES string of the molecule is CCCNC(=O)CSCCC(NC1CC1)C(=O)O. The number of carbonyl (C=O) groups excluding carboxylic acids is 1. The Morgan fingerprint density at radius 1 is 1.44 bits per heavy atom. The molecule has 3 N–H and O–H groups in total. The Kier molecular flexibility index (Phi) is 7.12. The zero-order chi connectivity index (χ0) is 13.4. The summed E-state index contributed by atoms with van der Waals surface area (Å²) in [5, 5.41) is 14.9. The number of aliphatic carboxylic acids is 1. The van der Waals surface area contributed by atoms with Crippen molar-refractivity contribution in [2.45, 2.75) is 44.7 Å². The maximum atomic E-state index is 11.3. The molecule has 0 spiro atoms. The van der Waals surface area contributed by atoms with E-state index in [0.717, 1.165) is 19.3 Å². The minimum atomic E-state index is -0.794. The van der Waals surface area contributed by atoms with Crippen LogP contribution in [-0.4, -0.2) is 47.1 Å². The Morgan fingerprint density at radius 2 is 2.17 bits per heavy atom. The van der Waals surface area contributed by atoms with Crippen molar-refractivity contribution in [1.29, 1.82) is 0 Å². The number of carboxylic acid groups (broad SMARTS) is 1. The van der Waals surface area contributed by atoms with Gasteiger partial charge in [0, 0.05) is 12.6 Å². The van der Waals surface area contributed by atoms with Crippen LogP contribution < -0.4 is 10.6 Å². The van der Waals surface area contributed by atoms with Crippen LogP contribution in [0, 0.1) is 0 Å². The molecule has 1 rings (SSSR count). The fourth-order valence-electron chi connectivity index (χ4n) is 1.49. The second-order valence-electron chi connectivity index (χ2n) is 4.52. The predicted molar refractivity (Wildman–Crippen MR) is 72.8 cm³/mol. The Labute approximate surface area is 112 Å². The van der Waals surface area contributed by atoms with E-state index in [-0.39, 0.29) is 5.91 Å². The highest BCUT2D eigenvalue weighted by molar-refractivity contribution is 7.99. The van der Waals surface area contributed by atoms with Crippen molar-refractivity contribution < 1.29 is 14.7 Å². The highest BCUT2D eigenvalue weighted by Crippen LogP contribution is 2.20. The number of carboxylic acids is 1. The number of hydrogen-bond donors (Lipinski definition) is 3. The topological polar surface area (TPSA) is 78.4 Å². The third-order valence-corrected chi connectivity index (χ3v) is 3.66. The average Bonchev–Trinajstić information content (AvgIpc) is 3.14. The quantitative estimate of drug-likeness (QED) is 0.515. The van der Waals surface area contributed by atoms with E-state index in [1.165, 1.54) is 11.8 Å². The largest absolute Gasteiger partial charge is 0.480 e. The summed E-state index contributed by atoms with van der Waals surface area (Å²) in [5.41, 5.74) is 0. The van der Waals surface area contributed by atoms with Gasteiger partial charge in [-0.05, 0) is 31.4 Å². The maximum absolute atomic E-state index is 11.3. The van der Waals surface area contributed by atoms with E-state index in [9.17, 15) is 9.59 Å². The van der Waals surface area contributed by atoms with Gasteiger partial charge in [0.25, 0.3) is 0 Å². The van der Waals surface area contributed by atoms with Crippen LogP contribution in [0.4, 0.5) is 0 Å². The van der Waals surface area contributed by atoms with Crippen molar-refractivity contribution >= 4 is 23.6 Å². The molecule has 0 aromatic carbocycles. The Bertz CT molecular complexity index is 282. The molecule has 1 aliphatic carbocycles. The summed E-state index contributed by atoms with van der Waals surface area (Å²) in [6, 6.07) is -0.0762. The lowest BCUT2D eigenvalue weighted by Gasteiger charge is -2.13. The molecule has 0 aromatic rings. The Balaban J connectivity index is 2.06. The van der Waals surface area contributed by atoms with Gasteiger partial charge < -0.3 is 15.7 Å². The molecule has 1 atom stereocenters. The zero-order valence-electron chi connectivity index (χ0n) is 10.8. The molecule has 5 nitrogen and oxygen atoms in total. The molecule has 1 fully saturated rings. The van der Waals surface area contributed by atoms with E-state index >= 15 is 0 Å². The molecule has 18 heavy (non-hydrogen) atoms. The first-order valence-corrected chi connectivity index (χ1v) is 7.62. The van der Waals surface area contributed by atoms with Crippen LogP contribution in [0.1, 0.15) is 32.6 Å². The second kappa shape index (κ2) is 8.37. The summed E-state index contributed by atoms with van der Waals surface area (Å²) in [6.07, 6.45) is 3.66. The molecule has 0 bridgehead atoms. The van der Waals surface area contributed by atoms with E-state index in [1.54, 1.807) is 0 Å². The minimum absolute atomic E-state index is 0.0314. The number of rotatable bonds is 10. The van der Waals surface area contributed by atoms with Crippen LogP contribution >= 0.6 is 11.8 Å². The molecule has 0 aromatic heterocycles. The number of carbonyl (C=O) groups is 2. The fraction of sp³-hybridized carbons (Fsp3) is 0.833. The molecule has 104 valence electrons. The lowest BCUT2D eigenvalue weighted by atomic mass is 10.2. The smallest absolute Gasteiger partial charge is 0.320 e. The summed E-state index contributed by atoms with van der Waals surface area (Å²) >= 11 is 1.49. The molecule has 1 amide bonds. The second-order valence-corrected chi connectivity index (χ2v) is 5.63. The van der Waals surface area contributed by atoms with Crippen LogP contribution in [0.2, 0.25) is 0 Å². The fourth-order valence-corrected chi connectivity index (χ4v) is 2.33. The third-order valence-electron chi connectivity index (χ3n) is 2.67. The van der Waals surface area contributed by atoms with Crippen LogP contribution in [0.15, 0.2) is 0 Å². The van der Waals surface area contributed by atoms with Crippen LogP contribution in [0.25, 0.3) is 0 Å². The van der Waals surface area contributed by atoms with Crippen molar-refractivity contribution in [3.05, 3.63) is 0 Å². The van der Waals surface area contributed by atoms with E-state index in [1.807, 2.05) is 6.92 Å². The molecule has 1 aliphatic rings. The normalized spacial score (nSPS) is 16.3. The average molecular weight is 274 g/mol. The lowest BCUT2D eigenvalue weighted by Crippen LogP contribution is -2.38. The molecule has 1 saturated carbocycles. The van der Waals surface area contributed by atoms with Crippen LogP contribution in [0.3, 0.4) is 0 Å². The van der Waals surface area contributed by atoms with Gasteiger partial charge in [-0.15, -0.1) is 0 Å². The van der Waals surface area contributed by atoms with E-state index in [4.69, 9.17) is 5.11 Å². The van der Waals surface area contributed by atoms with Gasteiger partial charge in [0.1, 0.15) is 6.04 Å². The highest BCUT2D eigenvalue weighted by atomic mass is 32.2. The molecular weight excluding hydrogens is 252 g/mol. The highest BCUT2D eigenvalue weighted by Gasteiger charge is 2.27. The number of thioether (sulfide) groups is 1. The Morgan fingerprint density at radius 3 is 2.72 bits per heavy atom. The van der Waals surface area contributed by atoms with Gasteiger partial charge in [0.2, 0.25) is 5.91 Å². The van der Waals surface area contributed by atoms with Gasteiger partial charge in [-0.1, -0.05) is 6.92 Å². The standard InChI is InChI=1S/C12H22N2O3S/c1-2-6-13-11(15)8-18-7-5-10(12(16)17)14-9-3-4-9/h9-10,14H,2-8H2,1H3,(H,13,15)(H,16,17). The summed E-state index contributed by atoms with van der Waals surface area (Å²) in [4.78, 5) is 22.3. The first-order chi connectivity index (χ1) is 8.63. The van der Waals surface area contributed by atoms with E-state index < -0.39 is 12.0 Å². The third kappa shape index (κ3) is 6.86. The van der Waals surface area contributed by atoms with Crippen LogP contribution in [0.5, 0.6) is 0 Å². The van der Waals surface area contributed by atoms with E-state index in [2.05, 4.69) is 10.6 Å². The van der Waals surface area contributed by atoms with Gasteiger partial charge in [-0.2, -0.15) is 11.8 Å². The first kappa shape index (κ1) is 15.3. The van der Waals surface area contributed by atoms with Gasteiger partial charge in [-0.25, -0.2) is 0 Å². The van der Waals surface area contributed by atoms with Gasteiger partial charge in [-0.3, -0.25) is 9.59 Å². The summed E-state index contributed by atoms with van der Waals surface area (Å²) in [7, 11) is 0. The van der Waals surface area contributed by atoms with Crippen molar-refractivity contribution in [3.63, 3.8) is 0 Å². The van der Waals surface area contributed by atoms with Gasteiger partial charge in [0.05, 0.1) is 5.75 Å².